The lowest BCUT2D eigenvalue weighted by molar-refractivity contribution is 1.02. The molecule has 48 valence electrons. The molecule has 0 aliphatic heterocycles. The van der Waals surface area contributed by atoms with E-state index in [-0.39, 0.29) is 0 Å². The van der Waals surface area contributed by atoms with E-state index in [1.165, 1.54) is 0 Å². The van der Waals surface area contributed by atoms with Gasteiger partial charge in [0.2, 0.25) is 0 Å². The molecule has 2 nitrogen and oxygen atoms in total. The van der Waals surface area contributed by atoms with Crippen LogP contribution < -0.4 is 0 Å². The van der Waals surface area contributed by atoms with Gasteiger partial charge < -0.3 is 0 Å². The van der Waals surface area contributed by atoms with Crippen LogP contribution in [0.5, 0.6) is 0 Å². The Bertz CT molecular complexity index is 222. The van der Waals surface area contributed by atoms with Gasteiger partial charge in [-0.05, 0) is 19.4 Å². The minimum Gasteiger partial charge on any atom is -0.231 e. The van der Waals surface area contributed by atoms with Gasteiger partial charge in [0.15, 0.2) is 3.83 Å². The van der Waals surface area contributed by atoms with Crippen molar-refractivity contribution in [1.82, 2.24) is 9.97 Å². The minimum atomic E-state index is 0.815. The van der Waals surface area contributed by atoms with Crippen molar-refractivity contribution in [3.05, 3.63) is 21.3 Å². The van der Waals surface area contributed by atoms with E-state index in [1.54, 1.807) is 0 Å². The number of rotatable bonds is 0. The fourth-order valence-corrected chi connectivity index (χ4v) is 1.00. The van der Waals surface area contributed by atoms with Crippen molar-refractivity contribution in [1.29, 1.82) is 0 Å². The third-order valence-corrected chi connectivity index (χ3v) is 1.72. The Kier molecular flexibility index (Phi) is 2.00. The average Bonchev–Trinajstić information content (AvgIpc) is 1.80. The van der Waals surface area contributed by atoms with Gasteiger partial charge in [0, 0.05) is 34.5 Å². The third-order valence-electron chi connectivity index (χ3n) is 1.20. The van der Waals surface area contributed by atoms with Gasteiger partial charge in [0.25, 0.3) is 0 Å². The molecule has 3 heteroatoms. The lowest BCUT2D eigenvalue weighted by atomic mass is 10.3. The molecule has 0 spiro atoms. The van der Waals surface area contributed by atoms with Crippen LogP contribution in [0.2, 0.25) is 0 Å². The lowest BCUT2D eigenvalue weighted by Gasteiger charge is -1.95. The van der Waals surface area contributed by atoms with Crippen LogP contribution in [0.15, 0.2) is 6.20 Å². The molecular formula is C6H7IN2. The molecular weight excluding hydrogens is 227 g/mol. The highest BCUT2D eigenvalue weighted by molar-refractivity contribution is 14.1. The van der Waals surface area contributed by atoms with Crippen LogP contribution in [0.25, 0.3) is 0 Å². The van der Waals surface area contributed by atoms with E-state index in [1.807, 2.05) is 20.0 Å². The number of halogens is 1. The van der Waals surface area contributed by atoms with E-state index in [4.69, 9.17) is 0 Å². The summed E-state index contributed by atoms with van der Waals surface area (Å²) in [5, 5.41) is 0. The van der Waals surface area contributed by atoms with E-state index in [0.717, 1.165) is 15.1 Å². The second-order valence-corrected chi connectivity index (χ2v) is 2.87. The Labute approximate surface area is 67.9 Å². The molecule has 1 aromatic rings. The summed E-state index contributed by atoms with van der Waals surface area (Å²) in [6.07, 6.45) is 1.84. The summed E-state index contributed by atoms with van der Waals surface area (Å²) in [6, 6.07) is 0. The summed E-state index contributed by atoms with van der Waals surface area (Å²) >= 11 is 2.10. The van der Waals surface area contributed by atoms with Gasteiger partial charge in [-0.15, -0.1) is 0 Å². The Morgan fingerprint density at radius 2 is 2.11 bits per heavy atom. The van der Waals surface area contributed by atoms with Crippen LogP contribution in [0.1, 0.15) is 11.3 Å². The van der Waals surface area contributed by atoms with Crippen molar-refractivity contribution in [3.8, 4) is 0 Å². The number of aromatic nitrogens is 2. The van der Waals surface area contributed by atoms with Crippen LogP contribution >= 0.6 is 22.6 Å². The monoisotopic (exact) mass is 234 g/mol. The Hall–Kier alpha value is -0.190. The van der Waals surface area contributed by atoms with E-state index in [9.17, 15) is 0 Å². The van der Waals surface area contributed by atoms with Gasteiger partial charge in [-0.25, -0.2) is 9.97 Å². The fraction of sp³-hybridized carbons (Fsp3) is 0.333. The Balaban J connectivity index is 3.17. The largest absolute Gasteiger partial charge is 0.231 e. The second-order valence-electron chi connectivity index (χ2n) is 1.91. The normalized spacial score (nSPS) is 9.67. The SMILES string of the molecule is Cc1cnc(I)nc1C. The third kappa shape index (κ3) is 1.61. The predicted molar refractivity (Wildman–Crippen MR) is 44.2 cm³/mol. The first-order chi connectivity index (χ1) is 4.20. The van der Waals surface area contributed by atoms with Crippen molar-refractivity contribution >= 4 is 22.6 Å². The summed E-state index contributed by atoms with van der Waals surface area (Å²) in [4.78, 5) is 8.16. The van der Waals surface area contributed by atoms with Crippen molar-refractivity contribution in [2.24, 2.45) is 0 Å². The van der Waals surface area contributed by atoms with Crippen molar-refractivity contribution in [2.45, 2.75) is 13.8 Å². The molecule has 0 aliphatic carbocycles. The average molecular weight is 234 g/mol. The lowest BCUT2D eigenvalue weighted by Crippen LogP contribution is -1.91. The number of hydrogen-bond donors (Lipinski definition) is 0. The highest BCUT2D eigenvalue weighted by atomic mass is 127. The van der Waals surface area contributed by atoms with Gasteiger partial charge in [-0.2, -0.15) is 0 Å². The van der Waals surface area contributed by atoms with Crippen LogP contribution in [0.3, 0.4) is 0 Å². The summed E-state index contributed by atoms with van der Waals surface area (Å²) in [5.41, 5.74) is 2.21. The van der Waals surface area contributed by atoms with Gasteiger partial charge in [0.1, 0.15) is 0 Å². The number of hydrogen-bond acceptors (Lipinski definition) is 2. The molecule has 0 saturated heterocycles. The smallest absolute Gasteiger partial charge is 0.190 e. The molecule has 0 unspecified atom stereocenters. The van der Waals surface area contributed by atoms with Crippen molar-refractivity contribution < 1.29 is 0 Å². The van der Waals surface area contributed by atoms with Gasteiger partial charge in [-0.1, -0.05) is 0 Å². The van der Waals surface area contributed by atoms with E-state index >= 15 is 0 Å². The summed E-state index contributed by atoms with van der Waals surface area (Å²) in [6.45, 7) is 3.99. The van der Waals surface area contributed by atoms with Crippen LogP contribution in [-0.2, 0) is 0 Å². The van der Waals surface area contributed by atoms with Crippen LogP contribution in [0, 0.1) is 17.7 Å². The van der Waals surface area contributed by atoms with E-state index < -0.39 is 0 Å². The predicted octanol–water partition coefficient (Wildman–Crippen LogP) is 1.70. The van der Waals surface area contributed by atoms with E-state index in [2.05, 4.69) is 32.6 Å². The van der Waals surface area contributed by atoms with Gasteiger partial charge in [0.05, 0.1) is 0 Å². The highest BCUT2D eigenvalue weighted by Crippen LogP contribution is 2.02. The van der Waals surface area contributed by atoms with Gasteiger partial charge >= 0.3 is 0 Å². The molecule has 0 fully saturated rings. The number of nitrogens with zero attached hydrogens (tertiary/aromatic N) is 2. The van der Waals surface area contributed by atoms with Crippen LogP contribution in [0.4, 0.5) is 0 Å². The maximum absolute atomic E-state index is 4.15. The topological polar surface area (TPSA) is 25.8 Å². The first kappa shape index (κ1) is 6.92. The standard InChI is InChI=1S/C6H7IN2/c1-4-3-8-6(7)9-5(4)2/h3H,1-2H3. The summed E-state index contributed by atoms with van der Waals surface area (Å²) in [7, 11) is 0. The first-order valence-electron chi connectivity index (χ1n) is 2.66. The van der Waals surface area contributed by atoms with Crippen molar-refractivity contribution in [3.63, 3.8) is 0 Å². The second kappa shape index (κ2) is 2.60. The molecule has 9 heavy (non-hydrogen) atoms. The molecule has 1 aromatic heterocycles. The summed E-state index contributed by atoms with van der Waals surface area (Å²) < 4.78 is 0.815. The molecule has 0 aromatic carbocycles. The zero-order valence-corrected chi connectivity index (χ0v) is 7.51. The summed E-state index contributed by atoms with van der Waals surface area (Å²) in [5.74, 6) is 0. The Morgan fingerprint density at radius 1 is 1.44 bits per heavy atom. The maximum atomic E-state index is 4.15. The maximum Gasteiger partial charge on any atom is 0.190 e. The Morgan fingerprint density at radius 3 is 2.56 bits per heavy atom. The van der Waals surface area contributed by atoms with Crippen LogP contribution in [-0.4, -0.2) is 9.97 Å². The minimum absolute atomic E-state index is 0.815. The number of aryl methyl sites for hydroxylation is 2. The first-order valence-corrected chi connectivity index (χ1v) is 3.74. The zero-order chi connectivity index (χ0) is 6.85. The molecule has 0 saturated carbocycles. The highest BCUT2D eigenvalue weighted by Gasteiger charge is 1.93. The quantitative estimate of drug-likeness (QED) is 0.504. The zero-order valence-electron chi connectivity index (χ0n) is 5.35. The molecule has 0 N–H and O–H groups in total. The van der Waals surface area contributed by atoms with Gasteiger partial charge in [-0.3, -0.25) is 0 Å². The molecule has 0 atom stereocenters. The molecule has 1 heterocycles. The molecule has 0 amide bonds. The molecule has 1 rings (SSSR count). The fourth-order valence-electron chi connectivity index (χ4n) is 0.499. The van der Waals surface area contributed by atoms with Crippen molar-refractivity contribution in [2.75, 3.05) is 0 Å². The van der Waals surface area contributed by atoms with E-state index in [0.29, 0.717) is 0 Å². The molecule has 0 bridgehead atoms. The molecule has 0 aliphatic rings. The molecule has 0 radical (unpaired) electrons.